The quantitative estimate of drug-likeness (QED) is 0.760. The molecule has 19 heavy (non-hydrogen) atoms. The number of methoxy groups -OCH3 is 1. The van der Waals surface area contributed by atoms with Gasteiger partial charge in [0.2, 0.25) is 0 Å². The van der Waals surface area contributed by atoms with Crippen molar-refractivity contribution in [3.05, 3.63) is 45.1 Å². The monoisotopic (exact) mass is 296 g/mol. The zero-order valence-corrected chi connectivity index (χ0v) is 12.0. The minimum atomic E-state index is 0.399. The Kier molecular flexibility index (Phi) is 4.82. The van der Waals surface area contributed by atoms with E-state index in [1.807, 2.05) is 17.5 Å². The van der Waals surface area contributed by atoms with Crippen molar-refractivity contribution < 1.29 is 14.3 Å². The fourth-order valence-corrected chi connectivity index (χ4v) is 2.60. The molecule has 3 nitrogen and oxygen atoms in total. The molecule has 0 aliphatic heterocycles. The zero-order chi connectivity index (χ0) is 13.7. The van der Waals surface area contributed by atoms with Crippen LogP contribution in [-0.4, -0.2) is 20.0 Å². The summed E-state index contributed by atoms with van der Waals surface area (Å²) in [5.41, 5.74) is 0.399. The summed E-state index contributed by atoms with van der Waals surface area (Å²) in [4.78, 5) is 12.3. The Morgan fingerprint density at radius 3 is 2.89 bits per heavy atom. The van der Waals surface area contributed by atoms with Gasteiger partial charge in [0.25, 0.3) is 0 Å². The summed E-state index contributed by atoms with van der Waals surface area (Å²) in [6.07, 6.45) is 1.51. The standard InChI is InChI=1S/C14H13ClO3S/c1-17-13-8-11(15)7-10(9-16)14(13)18-5-4-12-3-2-6-19-12/h2-3,6-9H,4-5H2,1H3. The maximum absolute atomic E-state index is 11.0. The molecule has 0 N–H and O–H groups in total. The summed E-state index contributed by atoms with van der Waals surface area (Å²) in [6.45, 7) is 0.485. The van der Waals surface area contributed by atoms with Gasteiger partial charge in [-0.05, 0) is 17.5 Å². The molecule has 0 atom stereocenters. The first kappa shape index (κ1) is 13.9. The van der Waals surface area contributed by atoms with E-state index in [0.29, 0.717) is 28.7 Å². The van der Waals surface area contributed by atoms with Gasteiger partial charge in [-0.1, -0.05) is 17.7 Å². The highest BCUT2D eigenvalue weighted by Crippen LogP contribution is 2.33. The molecule has 0 amide bonds. The third-order valence-electron chi connectivity index (χ3n) is 2.57. The molecule has 0 fully saturated rings. The number of hydrogen-bond donors (Lipinski definition) is 0. The molecule has 100 valence electrons. The van der Waals surface area contributed by atoms with Crippen LogP contribution in [0.3, 0.4) is 0 Å². The summed E-state index contributed by atoms with van der Waals surface area (Å²) in [6, 6.07) is 7.25. The van der Waals surface area contributed by atoms with Crippen molar-refractivity contribution in [3.8, 4) is 11.5 Å². The van der Waals surface area contributed by atoms with E-state index in [4.69, 9.17) is 21.1 Å². The van der Waals surface area contributed by atoms with Crippen LogP contribution in [0.1, 0.15) is 15.2 Å². The molecule has 0 unspecified atom stereocenters. The van der Waals surface area contributed by atoms with Crippen molar-refractivity contribution in [2.24, 2.45) is 0 Å². The Morgan fingerprint density at radius 2 is 2.26 bits per heavy atom. The number of carbonyl (C=O) groups is 1. The average molecular weight is 297 g/mol. The Hall–Kier alpha value is -1.52. The highest BCUT2D eigenvalue weighted by atomic mass is 35.5. The van der Waals surface area contributed by atoms with Crippen LogP contribution in [0.15, 0.2) is 29.6 Å². The number of rotatable bonds is 6. The van der Waals surface area contributed by atoms with Gasteiger partial charge >= 0.3 is 0 Å². The fourth-order valence-electron chi connectivity index (χ4n) is 1.69. The number of halogens is 1. The molecule has 0 saturated carbocycles. The van der Waals surface area contributed by atoms with Gasteiger partial charge in [-0.3, -0.25) is 4.79 Å². The predicted molar refractivity (Wildman–Crippen MR) is 76.9 cm³/mol. The second-order valence-corrected chi connectivity index (χ2v) is 5.29. The highest BCUT2D eigenvalue weighted by Gasteiger charge is 2.12. The summed E-state index contributed by atoms with van der Waals surface area (Å²) in [5.74, 6) is 0.916. The molecule has 5 heteroatoms. The maximum Gasteiger partial charge on any atom is 0.171 e. The number of benzene rings is 1. The number of hydrogen-bond acceptors (Lipinski definition) is 4. The Labute approximate surface area is 120 Å². The van der Waals surface area contributed by atoms with E-state index in [-0.39, 0.29) is 0 Å². The number of thiophene rings is 1. The van der Waals surface area contributed by atoms with Gasteiger partial charge in [0.15, 0.2) is 17.8 Å². The number of aldehydes is 1. The zero-order valence-electron chi connectivity index (χ0n) is 10.4. The minimum absolute atomic E-state index is 0.399. The van der Waals surface area contributed by atoms with Crippen LogP contribution in [-0.2, 0) is 6.42 Å². The largest absolute Gasteiger partial charge is 0.493 e. The SMILES string of the molecule is COc1cc(Cl)cc(C=O)c1OCCc1cccs1. The first-order chi connectivity index (χ1) is 9.24. The van der Waals surface area contributed by atoms with E-state index in [0.717, 1.165) is 12.7 Å². The highest BCUT2D eigenvalue weighted by molar-refractivity contribution is 7.09. The molecule has 0 aliphatic carbocycles. The van der Waals surface area contributed by atoms with Crippen molar-refractivity contribution in [3.63, 3.8) is 0 Å². The molecule has 0 spiro atoms. The molecular weight excluding hydrogens is 284 g/mol. The van der Waals surface area contributed by atoms with Crippen LogP contribution >= 0.6 is 22.9 Å². The molecule has 1 heterocycles. The van der Waals surface area contributed by atoms with E-state index >= 15 is 0 Å². The third kappa shape index (κ3) is 3.49. The number of carbonyl (C=O) groups excluding carboxylic acids is 1. The molecule has 0 bridgehead atoms. The van der Waals surface area contributed by atoms with Gasteiger partial charge in [0, 0.05) is 22.4 Å². The maximum atomic E-state index is 11.0. The lowest BCUT2D eigenvalue weighted by molar-refractivity contribution is 0.111. The van der Waals surface area contributed by atoms with Crippen LogP contribution in [0.25, 0.3) is 0 Å². The van der Waals surface area contributed by atoms with Crippen LogP contribution in [0.2, 0.25) is 5.02 Å². The summed E-state index contributed by atoms with van der Waals surface area (Å²) in [5, 5.41) is 2.47. The van der Waals surface area contributed by atoms with E-state index in [1.54, 1.807) is 23.5 Å². The number of ether oxygens (including phenoxy) is 2. The normalized spacial score (nSPS) is 10.2. The van der Waals surface area contributed by atoms with Crippen LogP contribution in [0.5, 0.6) is 11.5 Å². The predicted octanol–water partition coefficient (Wildman–Crippen LogP) is 3.84. The molecule has 0 radical (unpaired) electrons. The van der Waals surface area contributed by atoms with Gasteiger partial charge in [-0.15, -0.1) is 11.3 Å². The molecule has 1 aromatic heterocycles. The molecular formula is C14H13ClO3S. The van der Waals surface area contributed by atoms with Gasteiger partial charge in [-0.2, -0.15) is 0 Å². The second kappa shape index (κ2) is 6.59. The molecule has 2 aromatic rings. The summed E-state index contributed by atoms with van der Waals surface area (Å²) >= 11 is 7.58. The van der Waals surface area contributed by atoms with E-state index in [1.165, 1.54) is 12.0 Å². The van der Waals surface area contributed by atoms with Gasteiger partial charge in [-0.25, -0.2) is 0 Å². The minimum Gasteiger partial charge on any atom is -0.493 e. The summed E-state index contributed by atoms with van der Waals surface area (Å²) < 4.78 is 10.9. The Bertz CT molecular complexity index is 552. The van der Waals surface area contributed by atoms with Crippen molar-refractivity contribution in [1.29, 1.82) is 0 Å². The van der Waals surface area contributed by atoms with Crippen molar-refractivity contribution in [2.75, 3.05) is 13.7 Å². The lowest BCUT2D eigenvalue weighted by Gasteiger charge is -2.12. The fraction of sp³-hybridized carbons (Fsp3) is 0.214. The van der Waals surface area contributed by atoms with Crippen LogP contribution in [0, 0.1) is 0 Å². The topological polar surface area (TPSA) is 35.5 Å². The third-order valence-corrected chi connectivity index (χ3v) is 3.72. The molecule has 1 aromatic carbocycles. The molecule has 0 saturated heterocycles. The van der Waals surface area contributed by atoms with Gasteiger partial charge in [0.05, 0.1) is 19.3 Å². The average Bonchev–Trinajstić information content (AvgIpc) is 2.92. The Balaban J connectivity index is 2.11. The first-order valence-corrected chi connectivity index (χ1v) is 6.98. The molecule has 2 rings (SSSR count). The van der Waals surface area contributed by atoms with Crippen molar-refractivity contribution in [1.82, 2.24) is 0 Å². The van der Waals surface area contributed by atoms with Gasteiger partial charge in [0.1, 0.15) is 0 Å². The second-order valence-electron chi connectivity index (χ2n) is 3.82. The van der Waals surface area contributed by atoms with Gasteiger partial charge < -0.3 is 9.47 Å². The van der Waals surface area contributed by atoms with Crippen LogP contribution in [0.4, 0.5) is 0 Å². The summed E-state index contributed by atoms with van der Waals surface area (Å²) in [7, 11) is 1.52. The molecule has 0 aliphatic rings. The van der Waals surface area contributed by atoms with E-state index in [2.05, 4.69) is 0 Å². The van der Waals surface area contributed by atoms with Crippen molar-refractivity contribution in [2.45, 2.75) is 6.42 Å². The smallest absolute Gasteiger partial charge is 0.171 e. The lowest BCUT2D eigenvalue weighted by atomic mass is 10.2. The van der Waals surface area contributed by atoms with E-state index in [9.17, 15) is 4.79 Å². The first-order valence-electron chi connectivity index (χ1n) is 5.72. The van der Waals surface area contributed by atoms with Crippen molar-refractivity contribution >= 4 is 29.2 Å². The van der Waals surface area contributed by atoms with Crippen LogP contribution < -0.4 is 9.47 Å². The lowest BCUT2D eigenvalue weighted by Crippen LogP contribution is -2.04. The Morgan fingerprint density at radius 1 is 1.42 bits per heavy atom. The van der Waals surface area contributed by atoms with E-state index < -0.39 is 0 Å².